The van der Waals surface area contributed by atoms with Gasteiger partial charge in [-0.2, -0.15) is 0 Å². The van der Waals surface area contributed by atoms with Crippen LogP contribution in [0.15, 0.2) is 46.9 Å². The summed E-state index contributed by atoms with van der Waals surface area (Å²) < 4.78 is 1.06. The highest BCUT2D eigenvalue weighted by Crippen LogP contribution is 2.29. The van der Waals surface area contributed by atoms with Gasteiger partial charge < -0.3 is 5.11 Å². The molecule has 0 spiro atoms. The topological polar surface area (TPSA) is 20.2 Å². The number of halogens is 1. The van der Waals surface area contributed by atoms with E-state index in [2.05, 4.69) is 40.2 Å². The fourth-order valence-corrected chi connectivity index (χ4v) is 2.75. The number of hydrogen-bond donors (Lipinski definition) is 1. The second-order valence-electron chi connectivity index (χ2n) is 4.53. The molecule has 1 aliphatic carbocycles. The molecule has 2 heteroatoms. The molecule has 0 aliphatic heterocycles. The molecule has 0 amide bonds. The minimum atomic E-state index is -0.439. The van der Waals surface area contributed by atoms with E-state index in [0.29, 0.717) is 6.42 Å². The van der Waals surface area contributed by atoms with Crippen molar-refractivity contribution in [3.8, 4) is 0 Å². The van der Waals surface area contributed by atoms with E-state index in [1.165, 1.54) is 5.56 Å². The van der Waals surface area contributed by atoms with Crippen LogP contribution in [0.2, 0.25) is 0 Å². The Bertz CT molecular complexity index is 616. The molecule has 3 rings (SSSR count). The summed E-state index contributed by atoms with van der Waals surface area (Å²) >= 11 is 3.49. The van der Waals surface area contributed by atoms with E-state index < -0.39 is 6.10 Å². The average molecular weight is 301 g/mol. The van der Waals surface area contributed by atoms with Crippen LogP contribution in [0.4, 0.5) is 0 Å². The molecule has 0 heterocycles. The number of fused-ring (bicyclic) bond motifs is 2. The summed E-state index contributed by atoms with van der Waals surface area (Å²) in [7, 11) is 0. The van der Waals surface area contributed by atoms with Crippen LogP contribution < -0.4 is 0 Å². The van der Waals surface area contributed by atoms with Crippen LogP contribution in [-0.4, -0.2) is 5.11 Å². The lowest BCUT2D eigenvalue weighted by atomic mass is 9.91. The van der Waals surface area contributed by atoms with Gasteiger partial charge in [0, 0.05) is 10.9 Å². The molecule has 18 heavy (non-hydrogen) atoms. The first-order valence-corrected chi connectivity index (χ1v) is 6.77. The van der Waals surface area contributed by atoms with Crippen molar-refractivity contribution in [1.82, 2.24) is 0 Å². The molecule has 0 fully saturated rings. The first kappa shape index (κ1) is 11.7. The summed E-state index contributed by atoms with van der Waals surface area (Å²) in [5, 5.41) is 10.3. The third kappa shape index (κ3) is 2.14. The van der Waals surface area contributed by atoms with Gasteiger partial charge in [0.1, 0.15) is 0 Å². The minimum absolute atomic E-state index is 0.439. The largest absolute Gasteiger partial charge is 0.388 e. The van der Waals surface area contributed by atoms with Crippen LogP contribution in [0.25, 0.3) is 12.2 Å². The maximum Gasteiger partial charge on any atom is 0.0836 e. The second-order valence-corrected chi connectivity index (χ2v) is 5.44. The molecular formula is C16H13BrO. The molecule has 1 nitrogen and oxygen atoms in total. The highest BCUT2D eigenvalue weighted by atomic mass is 79.9. The fraction of sp³-hybridized carbons (Fsp3) is 0.125. The van der Waals surface area contributed by atoms with E-state index in [1.807, 2.05) is 30.3 Å². The molecule has 0 radical (unpaired) electrons. The minimum Gasteiger partial charge on any atom is -0.388 e. The molecule has 0 saturated carbocycles. The zero-order valence-corrected chi connectivity index (χ0v) is 11.4. The maximum atomic E-state index is 10.3. The number of aliphatic hydroxyl groups excluding tert-OH is 1. The van der Waals surface area contributed by atoms with Gasteiger partial charge in [0.05, 0.1) is 6.10 Å². The van der Waals surface area contributed by atoms with E-state index in [1.54, 1.807) is 0 Å². The van der Waals surface area contributed by atoms with Gasteiger partial charge in [0.15, 0.2) is 0 Å². The summed E-state index contributed by atoms with van der Waals surface area (Å²) in [5.41, 5.74) is 4.44. The fourth-order valence-electron chi connectivity index (χ4n) is 2.37. The van der Waals surface area contributed by atoms with E-state index >= 15 is 0 Å². The maximum absolute atomic E-state index is 10.3. The predicted molar refractivity (Wildman–Crippen MR) is 78.2 cm³/mol. The van der Waals surface area contributed by atoms with Crippen LogP contribution in [-0.2, 0) is 6.42 Å². The molecule has 2 aromatic rings. The summed E-state index contributed by atoms with van der Waals surface area (Å²) in [6.45, 7) is 0. The lowest BCUT2D eigenvalue weighted by Crippen LogP contribution is -2.06. The van der Waals surface area contributed by atoms with Gasteiger partial charge in [-0.15, -0.1) is 0 Å². The van der Waals surface area contributed by atoms with Gasteiger partial charge in [0.2, 0.25) is 0 Å². The van der Waals surface area contributed by atoms with Gasteiger partial charge in [-0.3, -0.25) is 0 Å². The normalized spacial score (nSPS) is 19.3. The Kier molecular flexibility index (Phi) is 3.06. The Morgan fingerprint density at radius 2 is 1.78 bits per heavy atom. The van der Waals surface area contributed by atoms with E-state index in [0.717, 1.165) is 21.2 Å². The monoisotopic (exact) mass is 300 g/mol. The second kappa shape index (κ2) is 4.71. The van der Waals surface area contributed by atoms with Crippen molar-refractivity contribution in [2.45, 2.75) is 12.5 Å². The third-order valence-corrected chi connectivity index (χ3v) is 3.81. The van der Waals surface area contributed by atoms with E-state index in [-0.39, 0.29) is 0 Å². The van der Waals surface area contributed by atoms with Crippen molar-refractivity contribution < 1.29 is 5.11 Å². The smallest absolute Gasteiger partial charge is 0.0836 e. The SMILES string of the molecule is OC1Cc2ccc(Br)cc2/C=C\c2ccccc21. The lowest BCUT2D eigenvalue weighted by molar-refractivity contribution is 0.178. The van der Waals surface area contributed by atoms with E-state index in [4.69, 9.17) is 0 Å². The van der Waals surface area contributed by atoms with Gasteiger partial charge in [-0.1, -0.05) is 58.4 Å². The van der Waals surface area contributed by atoms with Crippen molar-refractivity contribution in [2.24, 2.45) is 0 Å². The molecule has 0 bridgehead atoms. The molecule has 1 N–H and O–H groups in total. The lowest BCUT2D eigenvalue weighted by Gasteiger charge is -2.18. The van der Waals surface area contributed by atoms with Gasteiger partial charge in [-0.05, 0) is 34.4 Å². The highest BCUT2D eigenvalue weighted by Gasteiger charge is 2.15. The Hall–Kier alpha value is -1.38. The summed E-state index contributed by atoms with van der Waals surface area (Å²) in [4.78, 5) is 0. The summed E-state index contributed by atoms with van der Waals surface area (Å²) in [5.74, 6) is 0. The zero-order valence-electron chi connectivity index (χ0n) is 9.81. The quantitative estimate of drug-likeness (QED) is 0.773. The first-order chi connectivity index (χ1) is 8.74. The zero-order chi connectivity index (χ0) is 12.5. The highest BCUT2D eigenvalue weighted by molar-refractivity contribution is 9.10. The number of rotatable bonds is 0. The molecule has 0 aromatic heterocycles. The first-order valence-electron chi connectivity index (χ1n) is 5.97. The summed E-state index contributed by atoms with van der Waals surface area (Å²) in [6, 6.07) is 14.2. The van der Waals surface area contributed by atoms with Gasteiger partial charge >= 0.3 is 0 Å². The van der Waals surface area contributed by atoms with Crippen LogP contribution in [0, 0.1) is 0 Å². The van der Waals surface area contributed by atoms with Crippen molar-refractivity contribution in [3.63, 3.8) is 0 Å². The van der Waals surface area contributed by atoms with Crippen molar-refractivity contribution >= 4 is 28.1 Å². The van der Waals surface area contributed by atoms with Gasteiger partial charge in [-0.25, -0.2) is 0 Å². The molecule has 90 valence electrons. The van der Waals surface area contributed by atoms with Crippen molar-refractivity contribution in [3.05, 3.63) is 69.2 Å². The Morgan fingerprint density at radius 1 is 1.00 bits per heavy atom. The molecular weight excluding hydrogens is 288 g/mol. The van der Waals surface area contributed by atoms with Crippen LogP contribution in [0.3, 0.4) is 0 Å². The average Bonchev–Trinajstić information content (AvgIpc) is 2.37. The molecule has 1 atom stereocenters. The Balaban J connectivity index is 2.15. The number of hydrogen-bond acceptors (Lipinski definition) is 1. The third-order valence-electron chi connectivity index (χ3n) is 3.32. The van der Waals surface area contributed by atoms with Crippen molar-refractivity contribution in [2.75, 3.05) is 0 Å². The Labute approximate surface area is 115 Å². The molecule has 0 saturated heterocycles. The van der Waals surface area contributed by atoms with Crippen LogP contribution >= 0.6 is 15.9 Å². The van der Waals surface area contributed by atoms with Crippen LogP contribution in [0.1, 0.15) is 28.4 Å². The molecule has 2 aromatic carbocycles. The standard InChI is InChI=1S/C16H13BrO/c17-14-8-7-13-10-16(18)15-4-2-1-3-11(15)5-6-12(13)9-14/h1-9,16,18H,10H2/b6-5-. The van der Waals surface area contributed by atoms with Crippen LogP contribution in [0.5, 0.6) is 0 Å². The summed E-state index contributed by atoms with van der Waals surface area (Å²) in [6.07, 6.45) is 4.41. The molecule has 1 aliphatic rings. The number of aliphatic hydroxyl groups is 1. The van der Waals surface area contributed by atoms with Gasteiger partial charge in [0.25, 0.3) is 0 Å². The predicted octanol–water partition coefficient (Wildman–Crippen LogP) is 4.21. The number of benzene rings is 2. The van der Waals surface area contributed by atoms with Crippen molar-refractivity contribution in [1.29, 1.82) is 0 Å². The van der Waals surface area contributed by atoms with E-state index in [9.17, 15) is 5.11 Å². The Morgan fingerprint density at radius 3 is 2.67 bits per heavy atom. The molecule has 1 unspecified atom stereocenters.